The molecule has 0 aromatic heterocycles. The van der Waals surface area contributed by atoms with Gasteiger partial charge in [0.2, 0.25) is 0 Å². The lowest BCUT2D eigenvalue weighted by Crippen LogP contribution is -2.32. The van der Waals surface area contributed by atoms with Gasteiger partial charge in [-0.15, -0.1) is 0 Å². The molecule has 0 saturated heterocycles. The summed E-state index contributed by atoms with van der Waals surface area (Å²) in [5.74, 6) is 0.404. The third-order valence-electron chi connectivity index (χ3n) is 5.54. The normalized spacial score (nSPS) is 12.7. The Hall–Kier alpha value is -3.60. The molecular weight excluding hydrogens is 412 g/mol. The van der Waals surface area contributed by atoms with Crippen molar-refractivity contribution in [1.82, 2.24) is 5.32 Å². The van der Waals surface area contributed by atoms with Crippen molar-refractivity contribution in [2.75, 3.05) is 5.32 Å². The molecule has 0 radical (unpaired) electrons. The Morgan fingerprint density at radius 2 is 1.52 bits per heavy atom. The fourth-order valence-electron chi connectivity index (χ4n) is 3.59. The van der Waals surface area contributed by atoms with Crippen molar-refractivity contribution in [3.63, 3.8) is 0 Å². The fourth-order valence-corrected chi connectivity index (χ4v) is 3.59. The van der Waals surface area contributed by atoms with E-state index in [2.05, 4.69) is 24.5 Å². The first-order valence-electron chi connectivity index (χ1n) is 11.3. The number of anilines is 1. The quantitative estimate of drug-likeness (QED) is 0.447. The average molecular weight is 445 g/mol. The van der Waals surface area contributed by atoms with E-state index >= 15 is 0 Å². The van der Waals surface area contributed by atoms with Crippen LogP contribution in [0, 0.1) is 6.92 Å². The van der Waals surface area contributed by atoms with Gasteiger partial charge >= 0.3 is 0 Å². The number of amides is 2. The van der Waals surface area contributed by atoms with Crippen LogP contribution in [0.25, 0.3) is 0 Å². The highest BCUT2D eigenvalue weighted by molar-refractivity contribution is 6.04. The molecule has 5 heteroatoms. The average Bonchev–Trinajstić information content (AvgIpc) is 2.79. The zero-order valence-corrected chi connectivity index (χ0v) is 19.9. The summed E-state index contributed by atoms with van der Waals surface area (Å²) in [5, 5.41) is 5.86. The second kappa shape index (κ2) is 10.8. The third kappa shape index (κ3) is 6.22. The summed E-state index contributed by atoms with van der Waals surface area (Å²) >= 11 is 0. The summed E-state index contributed by atoms with van der Waals surface area (Å²) in [6, 6.07) is 22.6. The Labute approximate surface area is 196 Å². The van der Waals surface area contributed by atoms with E-state index in [1.807, 2.05) is 62.4 Å². The van der Waals surface area contributed by atoms with Crippen LogP contribution in [0.2, 0.25) is 0 Å². The Morgan fingerprint density at radius 1 is 0.848 bits per heavy atom. The molecule has 0 fully saturated rings. The van der Waals surface area contributed by atoms with Crippen LogP contribution < -0.4 is 15.4 Å². The summed E-state index contributed by atoms with van der Waals surface area (Å²) in [4.78, 5) is 25.9. The van der Waals surface area contributed by atoms with Gasteiger partial charge in [0.1, 0.15) is 5.75 Å². The number of hydrogen-bond acceptors (Lipinski definition) is 3. The van der Waals surface area contributed by atoms with Gasteiger partial charge < -0.3 is 15.4 Å². The molecule has 0 aliphatic heterocycles. The molecule has 0 unspecified atom stereocenters. The van der Waals surface area contributed by atoms with Crippen molar-refractivity contribution in [3.8, 4) is 5.75 Å². The predicted octanol–water partition coefficient (Wildman–Crippen LogP) is 6.02. The zero-order valence-electron chi connectivity index (χ0n) is 19.9. The lowest BCUT2D eigenvalue weighted by atomic mass is 10.0. The number of ether oxygens (including phenoxy) is 1. The van der Waals surface area contributed by atoms with E-state index in [0.717, 1.165) is 16.7 Å². The Bertz CT molecular complexity index is 1110. The standard InChI is InChI=1S/C28H32N2O3/c1-18(2)23-16-15-19(3)17-26(23)33-21(5)27(31)30-25-14-10-9-13-24(25)28(32)29-20(4)22-11-7-6-8-12-22/h6-18,20-21H,1-5H3,(H,29,32)(H,30,31)/t20-,21+/m1/s1. The summed E-state index contributed by atoms with van der Waals surface area (Å²) < 4.78 is 6.03. The van der Waals surface area contributed by atoms with Gasteiger partial charge in [-0.1, -0.05) is 68.4 Å². The van der Waals surface area contributed by atoms with E-state index in [1.165, 1.54) is 0 Å². The lowest BCUT2D eigenvalue weighted by molar-refractivity contribution is -0.122. The van der Waals surface area contributed by atoms with Crippen LogP contribution in [0.4, 0.5) is 5.69 Å². The topological polar surface area (TPSA) is 67.4 Å². The predicted molar refractivity (Wildman–Crippen MR) is 133 cm³/mol. The second-order valence-corrected chi connectivity index (χ2v) is 8.60. The molecule has 5 nitrogen and oxygen atoms in total. The zero-order chi connectivity index (χ0) is 24.0. The maximum absolute atomic E-state index is 13.0. The van der Waals surface area contributed by atoms with Gasteiger partial charge in [0.05, 0.1) is 17.3 Å². The van der Waals surface area contributed by atoms with Crippen LogP contribution in [0.15, 0.2) is 72.8 Å². The molecule has 0 aliphatic rings. The SMILES string of the molecule is Cc1ccc(C(C)C)c(O[C@@H](C)C(=O)Nc2ccccc2C(=O)N[C@H](C)c2ccccc2)c1. The van der Waals surface area contributed by atoms with Crippen molar-refractivity contribution in [2.45, 2.75) is 52.7 Å². The van der Waals surface area contributed by atoms with Gasteiger partial charge in [-0.05, 0) is 61.6 Å². The number of hydrogen-bond donors (Lipinski definition) is 2. The molecule has 3 aromatic rings. The minimum atomic E-state index is -0.733. The number of carbonyl (C=O) groups is 2. The first-order valence-corrected chi connectivity index (χ1v) is 11.3. The van der Waals surface area contributed by atoms with Gasteiger partial charge in [0.25, 0.3) is 11.8 Å². The highest BCUT2D eigenvalue weighted by Crippen LogP contribution is 2.28. The lowest BCUT2D eigenvalue weighted by Gasteiger charge is -2.20. The van der Waals surface area contributed by atoms with Crippen LogP contribution in [-0.2, 0) is 4.79 Å². The second-order valence-electron chi connectivity index (χ2n) is 8.60. The molecule has 0 heterocycles. The van der Waals surface area contributed by atoms with E-state index in [9.17, 15) is 9.59 Å². The van der Waals surface area contributed by atoms with E-state index in [4.69, 9.17) is 4.74 Å². The molecule has 33 heavy (non-hydrogen) atoms. The molecule has 0 spiro atoms. The van der Waals surface area contributed by atoms with Crippen LogP contribution in [-0.4, -0.2) is 17.9 Å². The molecular formula is C28H32N2O3. The van der Waals surface area contributed by atoms with Crippen LogP contribution in [0.3, 0.4) is 0 Å². The van der Waals surface area contributed by atoms with Crippen molar-refractivity contribution >= 4 is 17.5 Å². The number of benzene rings is 3. The Balaban J connectivity index is 1.72. The molecule has 3 aromatic carbocycles. The van der Waals surface area contributed by atoms with Gasteiger partial charge in [-0.3, -0.25) is 9.59 Å². The number of rotatable bonds is 8. The monoisotopic (exact) mass is 444 g/mol. The number of nitrogens with one attached hydrogen (secondary N) is 2. The number of carbonyl (C=O) groups excluding carboxylic acids is 2. The van der Waals surface area contributed by atoms with Gasteiger partial charge in [-0.25, -0.2) is 0 Å². The molecule has 2 N–H and O–H groups in total. The molecule has 0 aliphatic carbocycles. The minimum Gasteiger partial charge on any atom is -0.481 e. The summed E-state index contributed by atoms with van der Waals surface area (Å²) in [6.07, 6.45) is -0.733. The first kappa shape index (κ1) is 24.1. The van der Waals surface area contributed by atoms with Gasteiger partial charge in [0, 0.05) is 0 Å². The highest BCUT2D eigenvalue weighted by Gasteiger charge is 2.21. The molecule has 172 valence electrons. The van der Waals surface area contributed by atoms with Crippen molar-refractivity contribution in [1.29, 1.82) is 0 Å². The van der Waals surface area contributed by atoms with E-state index in [0.29, 0.717) is 17.0 Å². The number of aryl methyl sites for hydroxylation is 1. The fraction of sp³-hybridized carbons (Fsp3) is 0.286. The van der Waals surface area contributed by atoms with Crippen LogP contribution in [0.5, 0.6) is 5.75 Å². The Morgan fingerprint density at radius 3 is 2.21 bits per heavy atom. The van der Waals surface area contributed by atoms with Gasteiger partial charge in [-0.2, -0.15) is 0 Å². The smallest absolute Gasteiger partial charge is 0.265 e. The molecule has 3 rings (SSSR count). The summed E-state index contributed by atoms with van der Waals surface area (Å²) in [6.45, 7) is 9.81. The highest BCUT2D eigenvalue weighted by atomic mass is 16.5. The van der Waals surface area contributed by atoms with Gasteiger partial charge in [0.15, 0.2) is 6.10 Å². The number of para-hydroxylation sites is 1. The molecule has 0 saturated carbocycles. The van der Waals surface area contributed by atoms with E-state index < -0.39 is 6.10 Å². The maximum Gasteiger partial charge on any atom is 0.265 e. The summed E-state index contributed by atoms with van der Waals surface area (Å²) in [5.41, 5.74) is 3.98. The van der Waals surface area contributed by atoms with E-state index in [1.54, 1.807) is 31.2 Å². The minimum absolute atomic E-state index is 0.166. The molecule has 2 amide bonds. The van der Waals surface area contributed by atoms with Crippen molar-refractivity contribution < 1.29 is 14.3 Å². The molecule has 2 atom stereocenters. The largest absolute Gasteiger partial charge is 0.481 e. The molecule has 0 bridgehead atoms. The van der Waals surface area contributed by atoms with E-state index in [-0.39, 0.29) is 23.8 Å². The summed E-state index contributed by atoms with van der Waals surface area (Å²) in [7, 11) is 0. The van der Waals surface area contributed by atoms with Crippen LogP contribution in [0.1, 0.15) is 66.7 Å². The first-order chi connectivity index (χ1) is 15.8. The van der Waals surface area contributed by atoms with Crippen molar-refractivity contribution in [2.24, 2.45) is 0 Å². The van der Waals surface area contributed by atoms with Crippen molar-refractivity contribution in [3.05, 3.63) is 95.1 Å². The maximum atomic E-state index is 13.0. The third-order valence-corrected chi connectivity index (χ3v) is 5.54. The van der Waals surface area contributed by atoms with Crippen LogP contribution >= 0.6 is 0 Å². The Kier molecular flexibility index (Phi) is 7.88.